The summed E-state index contributed by atoms with van der Waals surface area (Å²) in [5.41, 5.74) is 2.53. The van der Waals surface area contributed by atoms with Crippen molar-refractivity contribution in [3.05, 3.63) is 24.8 Å². The molecule has 1 saturated heterocycles. The zero-order valence-corrected chi connectivity index (χ0v) is 13.9. The van der Waals surface area contributed by atoms with Crippen molar-refractivity contribution in [2.24, 2.45) is 0 Å². The second-order valence-electron chi connectivity index (χ2n) is 6.77. The Bertz CT molecular complexity index is 926. The SMILES string of the molecule is CC(F)(F)CC(=O)N1CCC[C@@H](n2cnc3cnc4[nH]ccc4c32)C1. The molecule has 4 rings (SSSR count). The van der Waals surface area contributed by atoms with Crippen molar-refractivity contribution in [2.75, 3.05) is 13.1 Å². The largest absolute Gasteiger partial charge is 0.346 e. The second-order valence-corrected chi connectivity index (χ2v) is 6.77. The number of imidazole rings is 1. The normalized spacial score (nSPS) is 19.0. The van der Waals surface area contributed by atoms with Crippen LogP contribution in [-0.2, 0) is 4.79 Å². The molecule has 1 N–H and O–H groups in total. The summed E-state index contributed by atoms with van der Waals surface area (Å²) < 4.78 is 28.4. The molecular weight excluding hydrogens is 328 g/mol. The quantitative estimate of drug-likeness (QED) is 0.792. The standard InChI is InChI=1S/C17H19F2N5O/c1-17(18,19)7-14(25)23-6-2-3-11(9-23)24-10-22-13-8-21-16-12(15(13)24)4-5-20-16/h4-5,8,10-11H,2-3,6-7,9H2,1H3,(H,20,21)/t11-/m1/s1. The van der Waals surface area contributed by atoms with Crippen molar-refractivity contribution in [1.82, 2.24) is 24.4 Å². The zero-order valence-electron chi connectivity index (χ0n) is 13.9. The number of aromatic amines is 1. The molecule has 0 saturated carbocycles. The van der Waals surface area contributed by atoms with E-state index in [-0.39, 0.29) is 6.04 Å². The van der Waals surface area contributed by atoms with Gasteiger partial charge in [0.15, 0.2) is 0 Å². The Morgan fingerprint density at radius 3 is 3.08 bits per heavy atom. The van der Waals surface area contributed by atoms with Crippen molar-refractivity contribution < 1.29 is 13.6 Å². The minimum Gasteiger partial charge on any atom is -0.346 e. The molecule has 0 aromatic carbocycles. The number of H-pyrrole nitrogens is 1. The maximum atomic E-state index is 13.2. The summed E-state index contributed by atoms with van der Waals surface area (Å²) in [6, 6.07) is 1.97. The monoisotopic (exact) mass is 347 g/mol. The number of fused-ring (bicyclic) bond motifs is 3. The first-order chi connectivity index (χ1) is 11.9. The van der Waals surface area contributed by atoms with Crippen LogP contribution in [0.5, 0.6) is 0 Å². The van der Waals surface area contributed by atoms with Crippen molar-refractivity contribution in [3.63, 3.8) is 0 Å². The van der Waals surface area contributed by atoms with E-state index in [1.807, 2.05) is 12.3 Å². The van der Waals surface area contributed by atoms with E-state index in [0.717, 1.165) is 41.8 Å². The molecule has 1 fully saturated rings. The molecule has 25 heavy (non-hydrogen) atoms. The fourth-order valence-corrected chi connectivity index (χ4v) is 3.59. The number of pyridine rings is 1. The molecule has 0 spiro atoms. The van der Waals surface area contributed by atoms with Crippen LogP contribution in [0.3, 0.4) is 0 Å². The van der Waals surface area contributed by atoms with E-state index in [1.165, 1.54) is 0 Å². The van der Waals surface area contributed by atoms with Crippen LogP contribution in [0.2, 0.25) is 0 Å². The lowest BCUT2D eigenvalue weighted by Gasteiger charge is -2.34. The molecule has 3 aromatic heterocycles. The van der Waals surface area contributed by atoms with Crippen molar-refractivity contribution >= 4 is 28.0 Å². The molecule has 8 heteroatoms. The van der Waals surface area contributed by atoms with Gasteiger partial charge in [-0.15, -0.1) is 0 Å². The highest BCUT2D eigenvalue weighted by Gasteiger charge is 2.32. The number of nitrogens with one attached hydrogen (secondary N) is 1. The van der Waals surface area contributed by atoms with Gasteiger partial charge >= 0.3 is 0 Å². The van der Waals surface area contributed by atoms with Crippen molar-refractivity contribution in [3.8, 4) is 0 Å². The number of likely N-dealkylation sites (tertiary alicyclic amines) is 1. The third-order valence-electron chi connectivity index (χ3n) is 4.72. The minimum absolute atomic E-state index is 0.0219. The summed E-state index contributed by atoms with van der Waals surface area (Å²) in [6.45, 7) is 1.74. The Kier molecular flexibility index (Phi) is 3.70. The third kappa shape index (κ3) is 2.96. The number of piperidine rings is 1. The number of hydrogen-bond acceptors (Lipinski definition) is 3. The number of carbonyl (C=O) groups is 1. The summed E-state index contributed by atoms with van der Waals surface area (Å²) in [4.78, 5) is 25.6. The van der Waals surface area contributed by atoms with Crippen molar-refractivity contribution in [2.45, 2.75) is 38.2 Å². The van der Waals surface area contributed by atoms with Gasteiger partial charge in [-0.25, -0.2) is 18.7 Å². The van der Waals surface area contributed by atoms with Gasteiger partial charge in [-0.3, -0.25) is 4.79 Å². The van der Waals surface area contributed by atoms with Crippen LogP contribution in [0.4, 0.5) is 8.78 Å². The molecule has 0 aliphatic carbocycles. The molecule has 4 heterocycles. The van der Waals surface area contributed by atoms with Crippen LogP contribution in [0.1, 0.15) is 32.2 Å². The maximum Gasteiger partial charge on any atom is 0.254 e. The first-order valence-corrected chi connectivity index (χ1v) is 8.36. The highest BCUT2D eigenvalue weighted by molar-refractivity contribution is 6.00. The number of aromatic nitrogens is 4. The molecular formula is C17H19F2N5O. The number of nitrogens with zero attached hydrogens (tertiary/aromatic N) is 4. The molecule has 0 bridgehead atoms. The van der Waals surface area contributed by atoms with Gasteiger partial charge in [0.25, 0.3) is 5.92 Å². The molecule has 132 valence electrons. The number of amides is 1. The smallest absolute Gasteiger partial charge is 0.254 e. The third-order valence-corrected chi connectivity index (χ3v) is 4.72. The van der Waals surface area contributed by atoms with Crippen LogP contribution in [-0.4, -0.2) is 49.3 Å². The Morgan fingerprint density at radius 1 is 1.44 bits per heavy atom. The fourth-order valence-electron chi connectivity index (χ4n) is 3.59. The highest BCUT2D eigenvalue weighted by Crippen LogP contribution is 2.30. The van der Waals surface area contributed by atoms with E-state index < -0.39 is 18.3 Å². The Balaban J connectivity index is 1.65. The van der Waals surface area contributed by atoms with Crippen LogP contribution in [0.15, 0.2) is 24.8 Å². The fraction of sp³-hybridized carbons (Fsp3) is 0.471. The van der Waals surface area contributed by atoms with E-state index in [2.05, 4.69) is 19.5 Å². The van der Waals surface area contributed by atoms with Gasteiger partial charge in [0.1, 0.15) is 11.2 Å². The van der Waals surface area contributed by atoms with E-state index in [4.69, 9.17) is 0 Å². The molecule has 3 aromatic rings. The number of hydrogen-bond donors (Lipinski definition) is 1. The van der Waals surface area contributed by atoms with Gasteiger partial charge in [0, 0.05) is 24.7 Å². The number of carbonyl (C=O) groups excluding carboxylic acids is 1. The van der Waals surface area contributed by atoms with Gasteiger partial charge in [0.2, 0.25) is 5.91 Å². The van der Waals surface area contributed by atoms with E-state index in [9.17, 15) is 13.6 Å². The zero-order chi connectivity index (χ0) is 17.6. The number of rotatable bonds is 3. The second kappa shape index (κ2) is 5.79. The Labute approximate surface area is 142 Å². The van der Waals surface area contributed by atoms with Gasteiger partial charge < -0.3 is 14.5 Å². The van der Waals surface area contributed by atoms with Crippen molar-refractivity contribution in [1.29, 1.82) is 0 Å². The summed E-state index contributed by atoms with van der Waals surface area (Å²) in [5.74, 6) is -3.47. The van der Waals surface area contributed by atoms with E-state index >= 15 is 0 Å². The molecule has 1 aliphatic rings. The van der Waals surface area contributed by atoms with E-state index in [0.29, 0.717) is 13.1 Å². The molecule has 6 nitrogen and oxygen atoms in total. The molecule has 1 aliphatic heterocycles. The lowest BCUT2D eigenvalue weighted by Crippen LogP contribution is -2.42. The lowest BCUT2D eigenvalue weighted by atomic mass is 10.0. The molecule has 1 amide bonds. The maximum absolute atomic E-state index is 13.2. The summed E-state index contributed by atoms with van der Waals surface area (Å²) in [5, 5.41) is 0.971. The van der Waals surface area contributed by atoms with Crippen LogP contribution in [0, 0.1) is 0 Å². The number of alkyl halides is 2. The van der Waals surface area contributed by atoms with Gasteiger partial charge in [-0.1, -0.05) is 0 Å². The van der Waals surface area contributed by atoms with Crippen LogP contribution >= 0.6 is 0 Å². The average Bonchev–Trinajstić information content (AvgIpc) is 3.19. The van der Waals surface area contributed by atoms with Crippen LogP contribution in [0.25, 0.3) is 22.1 Å². The lowest BCUT2D eigenvalue weighted by molar-refractivity contribution is -0.139. The Morgan fingerprint density at radius 2 is 2.28 bits per heavy atom. The van der Waals surface area contributed by atoms with Crippen LogP contribution < -0.4 is 0 Å². The van der Waals surface area contributed by atoms with Gasteiger partial charge in [-0.05, 0) is 25.8 Å². The minimum atomic E-state index is -2.98. The summed E-state index contributed by atoms with van der Waals surface area (Å²) in [6.07, 6.45) is 6.23. The van der Waals surface area contributed by atoms with Gasteiger partial charge in [0.05, 0.1) is 30.5 Å². The molecule has 0 unspecified atom stereocenters. The summed E-state index contributed by atoms with van der Waals surface area (Å²) >= 11 is 0. The predicted molar refractivity (Wildman–Crippen MR) is 89.5 cm³/mol. The molecule has 0 radical (unpaired) electrons. The highest BCUT2D eigenvalue weighted by atomic mass is 19.3. The topological polar surface area (TPSA) is 66.8 Å². The average molecular weight is 347 g/mol. The number of halogens is 2. The Hall–Kier alpha value is -2.51. The first-order valence-electron chi connectivity index (χ1n) is 8.36. The molecule has 1 atom stereocenters. The summed E-state index contributed by atoms with van der Waals surface area (Å²) in [7, 11) is 0. The first kappa shape index (κ1) is 16.0. The predicted octanol–water partition coefficient (Wildman–Crippen LogP) is 3.12. The van der Waals surface area contributed by atoms with E-state index in [1.54, 1.807) is 17.4 Å². The van der Waals surface area contributed by atoms with Gasteiger partial charge in [-0.2, -0.15) is 0 Å².